The second-order valence-corrected chi connectivity index (χ2v) is 3.24. The van der Waals surface area contributed by atoms with E-state index < -0.39 is 6.04 Å². The van der Waals surface area contributed by atoms with Gasteiger partial charge in [-0.15, -0.1) is 0 Å². The van der Waals surface area contributed by atoms with Gasteiger partial charge in [0.25, 0.3) is 0 Å². The zero-order valence-electron chi connectivity index (χ0n) is 6.41. The lowest BCUT2D eigenvalue weighted by Crippen LogP contribution is -2.01. The van der Waals surface area contributed by atoms with E-state index >= 15 is 0 Å². The Labute approximate surface area is 70.5 Å². The fourth-order valence-corrected chi connectivity index (χ4v) is 1.24. The predicted molar refractivity (Wildman–Crippen MR) is 45.1 cm³/mol. The third kappa shape index (κ3) is 5.65. The fourth-order valence-electron chi connectivity index (χ4n) is 0.561. The van der Waals surface area contributed by atoms with Gasteiger partial charge in [-0.2, -0.15) is 22.0 Å². The lowest BCUT2D eigenvalue weighted by Gasteiger charge is -1.98. The summed E-state index contributed by atoms with van der Waals surface area (Å²) in [5, 5.41) is 8.42. The van der Waals surface area contributed by atoms with E-state index in [2.05, 4.69) is 11.9 Å². The normalized spacial score (nSPS) is 11.3. The molecule has 0 aromatic rings. The zero-order chi connectivity index (χ0) is 8.53. The van der Waals surface area contributed by atoms with E-state index in [0.29, 0.717) is 6.42 Å². The summed E-state index contributed by atoms with van der Waals surface area (Å²) < 4.78 is 0. The summed E-state index contributed by atoms with van der Waals surface area (Å²) in [6.07, 6.45) is 2.03. The standard InChI is InChI=1S/C7H10N2OS/c1-2-11-4-3-7(5-8)9-6-10/h7H,2-4H2,1H3. The number of aliphatic imine (C=N–C) groups is 1. The summed E-state index contributed by atoms with van der Waals surface area (Å²) in [4.78, 5) is 13.1. The van der Waals surface area contributed by atoms with E-state index in [9.17, 15) is 4.79 Å². The predicted octanol–water partition coefficient (Wildman–Crippen LogP) is 1.36. The van der Waals surface area contributed by atoms with Gasteiger partial charge in [0.1, 0.15) is 6.04 Å². The molecule has 0 bridgehead atoms. The Hall–Kier alpha value is -0.780. The van der Waals surface area contributed by atoms with Crippen LogP contribution in [0, 0.1) is 11.3 Å². The van der Waals surface area contributed by atoms with Crippen LogP contribution in [0.1, 0.15) is 13.3 Å². The second kappa shape index (κ2) is 7.33. The molecule has 0 saturated carbocycles. The van der Waals surface area contributed by atoms with Crippen LogP contribution in [0.2, 0.25) is 0 Å². The van der Waals surface area contributed by atoms with Crippen molar-refractivity contribution in [2.75, 3.05) is 11.5 Å². The summed E-state index contributed by atoms with van der Waals surface area (Å²) in [6.45, 7) is 2.05. The number of carbonyl (C=O) groups excluding carboxylic acids is 1. The van der Waals surface area contributed by atoms with E-state index in [1.54, 1.807) is 11.8 Å². The Morgan fingerprint density at radius 2 is 2.45 bits per heavy atom. The number of isocyanates is 1. The Bertz CT molecular complexity index is 181. The molecule has 0 aliphatic heterocycles. The fraction of sp³-hybridized carbons (Fsp3) is 0.714. The molecule has 60 valence electrons. The van der Waals surface area contributed by atoms with Crippen molar-refractivity contribution in [3.63, 3.8) is 0 Å². The lowest BCUT2D eigenvalue weighted by atomic mass is 10.3. The molecule has 1 unspecified atom stereocenters. The molecular weight excluding hydrogens is 160 g/mol. The van der Waals surface area contributed by atoms with Gasteiger partial charge < -0.3 is 0 Å². The molecule has 0 aliphatic carbocycles. The quantitative estimate of drug-likeness (QED) is 0.355. The van der Waals surface area contributed by atoms with Crippen LogP contribution in [0.15, 0.2) is 4.99 Å². The van der Waals surface area contributed by atoms with Crippen LogP contribution in [0.25, 0.3) is 0 Å². The summed E-state index contributed by atoms with van der Waals surface area (Å²) in [7, 11) is 0. The molecule has 0 rings (SSSR count). The molecule has 0 N–H and O–H groups in total. The molecule has 0 aromatic carbocycles. The van der Waals surface area contributed by atoms with Crippen molar-refractivity contribution in [1.82, 2.24) is 0 Å². The first-order chi connectivity index (χ1) is 5.35. The van der Waals surface area contributed by atoms with Crippen LogP contribution in [0.3, 0.4) is 0 Å². The van der Waals surface area contributed by atoms with Crippen molar-refractivity contribution in [2.24, 2.45) is 4.99 Å². The first kappa shape index (κ1) is 10.2. The summed E-state index contributed by atoms with van der Waals surface area (Å²) in [5.74, 6) is 1.91. The molecular formula is C7H10N2OS. The van der Waals surface area contributed by atoms with E-state index in [1.165, 1.54) is 6.08 Å². The number of hydrogen-bond acceptors (Lipinski definition) is 4. The maximum absolute atomic E-state index is 9.76. The molecule has 0 radical (unpaired) electrons. The van der Waals surface area contributed by atoms with Gasteiger partial charge in [0.2, 0.25) is 6.08 Å². The Kier molecular flexibility index (Phi) is 6.81. The smallest absolute Gasteiger partial charge is 0.211 e. The average Bonchev–Trinajstić information content (AvgIpc) is 2.03. The van der Waals surface area contributed by atoms with Gasteiger partial charge in [-0.25, -0.2) is 4.79 Å². The zero-order valence-corrected chi connectivity index (χ0v) is 7.23. The van der Waals surface area contributed by atoms with E-state index in [4.69, 9.17) is 5.26 Å². The lowest BCUT2D eigenvalue weighted by molar-refractivity contribution is 0.560. The maximum atomic E-state index is 9.76. The monoisotopic (exact) mass is 170 g/mol. The molecule has 4 heteroatoms. The minimum atomic E-state index is -0.494. The highest BCUT2D eigenvalue weighted by molar-refractivity contribution is 7.99. The molecule has 0 fully saturated rings. The van der Waals surface area contributed by atoms with Crippen molar-refractivity contribution in [3.8, 4) is 6.07 Å². The van der Waals surface area contributed by atoms with Gasteiger partial charge >= 0.3 is 0 Å². The number of rotatable bonds is 5. The van der Waals surface area contributed by atoms with Gasteiger partial charge in [-0.1, -0.05) is 6.92 Å². The van der Waals surface area contributed by atoms with E-state index in [-0.39, 0.29) is 0 Å². The average molecular weight is 170 g/mol. The number of thioether (sulfide) groups is 1. The molecule has 3 nitrogen and oxygen atoms in total. The largest absolute Gasteiger partial charge is 0.236 e. The van der Waals surface area contributed by atoms with Crippen LogP contribution in [0.5, 0.6) is 0 Å². The van der Waals surface area contributed by atoms with Gasteiger partial charge in [0.05, 0.1) is 6.07 Å². The molecule has 0 aromatic heterocycles. The minimum Gasteiger partial charge on any atom is -0.211 e. The molecule has 0 amide bonds. The van der Waals surface area contributed by atoms with E-state index in [0.717, 1.165) is 11.5 Å². The number of hydrogen-bond donors (Lipinski definition) is 0. The van der Waals surface area contributed by atoms with Crippen molar-refractivity contribution in [3.05, 3.63) is 0 Å². The van der Waals surface area contributed by atoms with Crippen molar-refractivity contribution in [1.29, 1.82) is 5.26 Å². The van der Waals surface area contributed by atoms with Gasteiger partial charge in [-0.05, 0) is 17.9 Å². The maximum Gasteiger partial charge on any atom is 0.236 e. The molecule has 0 aliphatic rings. The Morgan fingerprint density at radius 1 is 1.73 bits per heavy atom. The molecule has 11 heavy (non-hydrogen) atoms. The first-order valence-corrected chi connectivity index (χ1v) is 4.55. The van der Waals surface area contributed by atoms with Crippen molar-refractivity contribution < 1.29 is 4.79 Å². The highest BCUT2D eigenvalue weighted by atomic mass is 32.2. The van der Waals surface area contributed by atoms with Crippen LogP contribution in [-0.2, 0) is 4.79 Å². The summed E-state index contributed by atoms with van der Waals surface area (Å²) in [6, 6.07) is 1.43. The molecule has 0 saturated heterocycles. The number of nitriles is 1. The van der Waals surface area contributed by atoms with Crippen molar-refractivity contribution in [2.45, 2.75) is 19.4 Å². The second-order valence-electron chi connectivity index (χ2n) is 1.85. The van der Waals surface area contributed by atoms with Gasteiger partial charge in [0, 0.05) is 0 Å². The van der Waals surface area contributed by atoms with E-state index in [1.807, 2.05) is 6.07 Å². The Balaban J connectivity index is 3.54. The van der Waals surface area contributed by atoms with Crippen LogP contribution < -0.4 is 0 Å². The minimum absolute atomic E-state index is 0.494. The third-order valence-electron chi connectivity index (χ3n) is 1.10. The highest BCUT2D eigenvalue weighted by Crippen LogP contribution is 2.05. The third-order valence-corrected chi connectivity index (χ3v) is 2.03. The summed E-state index contributed by atoms with van der Waals surface area (Å²) >= 11 is 1.74. The topological polar surface area (TPSA) is 53.2 Å². The SMILES string of the molecule is CCSCCC(C#N)N=C=O. The first-order valence-electron chi connectivity index (χ1n) is 3.39. The summed E-state index contributed by atoms with van der Waals surface area (Å²) in [5.41, 5.74) is 0. The Morgan fingerprint density at radius 3 is 2.91 bits per heavy atom. The van der Waals surface area contributed by atoms with Crippen LogP contribution in [-0.4, -0.2) is 23.6 Å². The van der Waals surface area contributed by atoms with Crippen LogP contribution >= 0.6 is 11.8 Å². The molecule has 0 heterocycles. The van der Waals surface area contributed by atoms with Gasteiger partial charge in [-0.3, -0.25) is 0 Å². The molecule has 0 spiro atoms. The van der Waals surface area contributed by atoms with Crippen LogP contribution in [0.4, 0.5) is 0 Å². The molecule has 1 atom stereocenters. The van der Waals surface area contributed by atoms with Gasteiger partial charge in [0.15, 0.2) is 0 Å². The van der Waals surface area contributed by atoms with Crippen molar-refractivity contribution >= 4 is 17.8 Å². The highest BCUT2D eigenvalue weighted by Gasteiger charge is 2.02. The number of nitrogens with zero attached hydrogens (tertiary/aromatic N) is 2.